The van der Waals surface area contributed by atoms with E-state index >= 15 is 0 Å². The molecule has 2 N–H and O–H groups in total. The molecule has 6 nitrogen and oxygen atoms in total. The second-order valence-corrected chi connectivity index (χ2v) is 5.09. The van der Waals surface area contributed by atoms with Crippen LogP contribution in [0.3, 0.4) is 0 Å². The highest BCUT2D eigenvalue weighted by Crippen LogP contribution is 2.22. The van der Waals surface area contributed by atoms with Crippen LogP contribution in [0.1, 0.15) is 37.5 Å². The van der Waals surface area contributed by atoms with E-state index < -0.39 is 0 Å². The number of imide groups is 1. The van der Waals surface area contributed by atoms with Gasteiger partial charge in [-0.2, -0.15) is 0 Å². The Kier molecular flexibility index (Phi) is 3.02. The summed E-state index contributed by atoms with van der Waals surface area (Å²) in [6.07, 6.45) is 0.900. The Bertz CT molecular complexity index is 606. The van der Waals surface area contributed by atoms with Crippen molar-refractivity contribution >= 4 is 17.7 Å². The summed E-state index contributed by atoms with van der Waals surface area (Å²) in [5.74, 6) is -0.893. The number of amides is 3. The molecule has 2 aliphatic heterocycles. The van der Waals surface area contributed by atoms with Crippen LogP contribution in [0.2, 0.25) is 0 Å². The first-order chi connectivity index (χ1) is 9.58. The van der Waals surface area contributed by atoms with E-state index in [2.05, 4.69) is 10.6 Å². The van der Waals surface area contributed by atoms with Gasteiger partial charge in [-0.1, -0.05) is 0 Å². The van der Waals surface area contributed by atoms with Crippen LogP contribution in [0.25, 0.3) is 0 Å². The van der Waals surface area contributed by atoms with Crippen LogP contribution in [-0.4, -0.2) is 48.8 Å². The number of nitrogens with one attached hydrogen (secondary N) is 2. The molecule has 6 heteroatoms. The number of rotatable bonds is 2. The Hall–Kier alpha value is -2.21. The largest absolute Gasteiger partial charge is 0.348 e. The molecular weight excluding hydrogens is 258 g/mol. The number of hydrogen-bond donors (Lipinski definition) is 2. The van der Waals surface area contributed by atoms with Crippen LogP contribution in [0, 0.1) is 0 Å². The second kappa shape index (κ2) is 4.72. The normalized spacial score (nSPS) is 21.2. The van der Waals surface area contributed by atoms with Crippen molar-refractivity contribution in [2.24, 2.45) is 0 Å². The summed E-state index contributed by atoms with van der Waals surface area (Å²) >= 11 is 0. The molecule has 0 saturated carbocycles. The maximum atomic E-state index is 12.1. The van der Waals surface area contributed by atoms with Crippen LogP contribution in [0.4, 0.5) is 0 Å². The minimum atomic E-state index is -0.359. The van der Waals surface area contributed by atoms with E-state index in [4.69, 9.17) is 0 Å². The van der Waals surface area contributed by atoms with Gasteiger partial charge in [0.25, 0.3) is 17.7 Å². The third-order valence-corrected chi connectivity index (χ3v) is 3.75. The Morgan fingerprint density at radius 2 is 2.05 bits per heavy atom. The number of nitrogens with zero attached hydrogens (tertiary/aromatic N) is 1. The summed E-state index contributed by atoms with van der Waals surface area (Å²) < 4.78 is 0. The summed E-state index contributed by atoms with van der Waals surface area (Å²) in [7, 11) is 1.44. The molecule has 3 amide bonds. The molecule has 1 unspecified atom stereocenters. The number of carbonyl (C=O) groups is 3. The molecule has 0 bridgehead atoms. The van der Waals surface area contributed by atoms with Crippen molar-refractivity contribution in [3.8, 4) is 0 Å². The monoisotopic (exact) mass is 273 g/mol. The topological polar surface area (TPSA) is 78.5 Å². The van der Waals surface area contributed by atoms with E-state index in [1.165, 1.54) is 13.1 Å². The quantitative estimate of drug-likeness (QED) is 0.744. The fraction of sp³-hybridized carbons (Fsp3) is 0.357. The molecule has 1 atom stereocenters. The molecule has 2 heterocycles. The lowest BCUT2D eigenvalue weighted by atomic mass is 10.0. The molecule has 20 heavy (non-hydrogen) atoms. The highest BCUT2D eigenvalue weighted by atomic mass is 16.2. The van der Waals surface area contributed by atoms with Crippen molar-refractivity contribution < 1.29 is 14.4 Å². The summed E-state index contributed by atoms with van der Waals surface area (Å²) in [5, 5.41) is 6.08. The lowest BCUT2D eigenvalue weighted by Gasteiger charge is -2.11. The Morgan fingerprint density at radius 3 is 2.75 bits per heavy atom. The van der Waals surface area contributed by atoms with E-state index in [0.29, 0.717) is 16.7 Å². The SMILES string of the molecule is CN1C(=O)c2ccc(C(=O)NC3CCNC3)cc2C1=O. The third-order valence-electron chi connectivity index (χ3n) is 3.75. The molecule has 0 aliphatic carbocycles. The van der Waals surface area contributed by atoms with Crippen molar-refractivity contribution in [1.82, 2.24) is 15.5 Å². The Balaban J connectivity index is 1.84. The molecule has 0 radical (unpaired) electrons. The van der Waals surface area contributed by atoms with Gasteiger partial charge in [-0.3, -0.25) is 19.3 Å². The van der Waals surface area contributed by atoms with Gasteiger partial charge >= 0.3 is 0 Å². The van der Waals surface area contributed by atoms with E-state index in [0.717, 1.165) is 24.4 Å². The number of benzene rings is 1. The fourth-order valence-electron chi connectivity index (χ4n) is 2.55. The zero-order chi connectivity index (χ0) is 14.3. The van der Waals surface area contributed by atoms with Gasteiger partial charge in [0.2, 0.25) is 0 Å². The smallest absolute Gasteiger partial charge is 0.261 e. The summed E-state index contributed by atoms with van der Waals surface area (Å²) in [5.41, 5.74) is 1.07. The first kappa shape index (κ1) is 12.8. The lowest BCUT2D eigenvalue weighted by Crippen LogP contribution is -2.36. The average molecular weight is 273 g/mol. The third kappa shape index (κ3) is 1.98. The zero-order valence-corrected chi connectivity index (χ0v) is 11.1. The summed E-state index contributed by atoms with van der Waals surface area (Å²) in [4.78, 5) is 36.8. The Labute approximate surface area is 116 Å². The molecule has 1 fully saturated rings. The fourth-order valence-corrected chi connectivity index (χ4v) is 2.55. The molecule has 104 valence electrons. The molecular formula is C14H15N3O3. The van der Waals surface area contributed by atoms with E-state index in [1.54, 1.807) is 12.1 Å². The second-order valence-electron chi connectivity index (χ2n) is 5.09. The first-order valence-corrected chi connectivity index (χ1v) is 6.56. The van der Waals surface area contributed by atoms with Crippen molar-refractivity contribution in [3.05, 3.63) is 34.9 Å². The van der Waals surface area contributed by atoms with Crippen LogP contribution >= 0.6 is 0 Å². The van der Waals surface area contributed by atoms with Gasteiger partial charge in [-0.25, -0.2) is 0 Å². The number of carbonyl (C=O) groups excluding carboxylic acids is 3. The molecule has 0 aromatic heterocycles. The van der Waals surface area contributed by atoms with Gasteiger partial charge in [-0.05, 0) is 31.2 Å². The minimum absolute atomic E-state index is 0.121. The van der Waals surface area contributed by atoms with E-state index in [1.807, 2.05) is 0 Å². The van der Waals surface area contributed by atoms with E-state index in [9.17, 15) is 14.4 Å². The van der Waals surface area contributed by atoms with E-state index in [-0.39, 0.29) is 23.8 Å². The molecule has 1 aromatic rings. The highest BCUT2D eigenvalue weighted by molar-refractivity contribution is 6.21. The van der Waals surface area contributed by atoms with Gasteiger partial charge in [0.1, 0.15) is 0 Å². The van der Waals surface area contributed by atoms with Gasteiger partial charge in [0.15, 0.2) is 0 Å². The van der Waals surface area contributed by atoms with Crippen LogP contribution in [-0.2, 0) is 0 Å². The number of hydrogen-bond acceptors (Lipinski definition) is 4. The molecule has 1 aromatic carbocycles. The van der Waals surface area contributed by atoms with Gasteiger partial charge < -0.3 is 10.6 Å². The first-order valence-electron chi connectivity index (χ1n) is 6.56. The average Bonchev–Trinajstić information content (AvgIpc) is 3.03. The standard InChI is InChI=1S/C14H15N3O3/c1-17-13(19)10-3-2-8(6-11(10)14(17)20)12(18)16-9-4-5-15-7-9/h2-3,6,9,15H,4-5,7H2,1H3,(H,16,18). The van der Waals surface area contributed by atoms with Crippen LogP contribution in [0.5, 0.6) is 0 Å². The lowest BCUT2D eigenvalue weighted by molar-refractivity contribution is 0.0693. The van der Waals surface area contributed by atoms with Gasteiger partial charge in [0.05, 0.1) is 11.1 Å². The summed E-state index contributed by atoms with van der Waals surface area (Å²) in [6, 6.07) is 4.74. The Morgan fingerprint density at radius 1 is 1.30 bits per heavy atom. The van der Waals surface area contributed by atoms with Crippen molar-refractivity contribution in [1.29, 1.82) is 0 Å². The minimum Gasteiger partial charge on any atom is -0.348 e. The molecule has 1 saturated heterocycles. The van der Waals surface area contributed by atoms with Crippen LogP contribution in [0.15, 0.2) is 18.2 Å². The highest BCUT2D eigenvalue weighted by Gasteiger charge is 2.33. The maximum absolute atomic E-state index is 12.1. The predicted octanol–water partition coefficient (Wildman–Crippen LogP) is 0.00410. The maximum Gasteiger partial charge on any atom is 0.261 e. The number of fused-ring (bicyclic) bond motifs is 1. The van der Waals surface area contributed by atoms with Crippen LogP contribution < -0.4 is 10.6 Å². The molecule has 0 spiro atoms. The van der Waals surface area contributed by atoms with Crippen molar-refractivity contribution in [2.75, 3.05) is 20.1 Å². The zero-order valence-electron chi connectivity index (χ0n) is 11.1. The van der Waals surface area contributed by atoms with Gasteiger partial charge in [0, 0.05) is 25.2 Å². The molecule has 2 aliphatic rings. The predicted molar refractivity (Wildman–Crippen MR) is 71.6 cm³/mol. The summed E-state index contributed by atoms with van der Waals surface area (Å²) in [6.45, 7) is 1.66. The van der Waals surface area contributed by atoms with Gasteiger partial charge in [-0.15, -0.1) is 0 Å². The molecule has 3 rings (SSSR count). The van der Waals surface area contributed by atoms with Crippen molar-refractivity contribution in [2.45, 2.75) is 12.5 Å². The van der Waals surface area contributed by atoms with Crippen molar-refractivity contribution in [3.63, 3.8) is 0 Å².